The molecule has 0 N–H and O–H groups in total. The normalized spacial score (nSPS) is 10.8. The minimum atomic E-state index is 0.846. The molecule has 0 aliphatic carbocycles. The number of oxazole rings is 1. The third-order valence-corrected chi connectivity index (χ3v) is 4.00. The molecule has 0 fully saturated rings. The molecule has 0 saturated carbocycles. The van der Waals surface area contributed by atoms with Crippen LogP contribution in [-0.2, 0) is 6.42 Å². The Morgan fingerprint density at radius 2 is 1.43 bits per heavy atom. The third kappa shape index (κ3) is 3.89. The first-order valence-corrected chi connectivity index (χ1v) is 8.49. The van der Waals surface area contributed by atoms with Gasteiger partial charge in [0.2, 0.25) is 0 Å². The fourth-order valence-electron chi connectivity index (χ4n) is 2.75. The topological polar surface area (TPSA) is 26.0 Å². The Bertz CT molecular complexity index is 659. The van der Waals surface area contributed by atoms with Crippen LogP contribution >= 0.6 is 0 Å². The van der Waals surface area contributed by atoms with Crippen LogP contribution in [0.3, 0.4) is 0 Å². The third-order valence-electron chi connectivity index (χ3n) is 4.00. The van der Waals surface area contributed by atoms with Gasteiger partial charge in [0.15, 0.2) is 11.7 Å². The first-order valence-electron chi connectivity index (χ1n) is 8.49. The summed E-state index contributed by atoms with van der Waals surface area (Å²) in [4.78, 5) is 4.79. The molecule has 1 aromatic heterocycles. The second kappa shape index (κ2) is 7.77. The first kappa shape index (κ1) is 15.5. The van der Waals surface area contributed by atoms with Crippen LogP contribution in [0.1, 0.15) is 38.5 Å². The van der Waals surface area contributed by atoms with E-state index in [1.54, 1.807) is 0 Å². The predicted octanol–water partition coefficient (Wildman–Crippen LogP) is 6.13. The Hall–Kier alpha value is -2.35. The number of nitrogens with zero attached hydrogens (tertiary/aromatic N) is 1. The molecule has 0 aliphatic rings. The lowest BCUT2D eigenvalue weighted by Gasteiger charge is -2.00. The van der Waals surface area contributed by atoms with E-state index in [9.17, 15) is 0 Å². The van der Waals surface area contributed by atoms with Crippen molar-refractivity contribution in [2.24, 2.45) is 0 Å². The molecule has 0 saturated heterocycles. The molecule has 2 nitrogen and oxygen atoms in total. The molecule has 0 bridgehead atoms. The van der Waals surface area contributed by atoms with Gasteiger partial charge in [-0.2, -0.15) is 0 Å². The molecule has 0 aliphatic heterocycles. The van der Waals surface area contributed by atoms with Gasteiger partial charge < -0.3 is 4.42 Å². The molecule has 0 amide bonds. The number of aromatic nitrogens is 1. The van der Waals surface area contributed by atoms with Gasteiger partial charge in [0, 0.05) is 17.5 Å². The van der Waals surface area contributed by atoms with Gasteiger partial charge in [-0.05, 0) is 6.42 Å². The number of hydrogen-bond acceptors (Lipinski definition) is 2. The van der Waals surface area contributed by atoms with E-state index in [0.717, 1.165) is 41.3 Å². The monoisotopic (exact) mass is 305 g/mol. The summed E-state index contributed by atoms with van der Waals surface area (Å²) >= 11 is 0. The van der Waals surface area contributed by atoms with Crippen molar-refractivity contribution in [1.29, 1.82) is 0 Å². The van der Waals surface area contributed by atoms with Crippen molar-refractivity contribution < 1.29 is 4.42 Å². The first-order chi connectivity index (χ1) is 11.4. The van der Waals surface area contributed by atoms with Crippen molar-refractivity contribution in [3.8, 4) is 22.6 Å². The van der Waals surface area contributed by atoms with Crippen LogP contribution in [0.4, 0.5) is 0 Å². The van der Waals surface area contributed by atoms with Gasteiger partial charge in [0.25, 0.3) is 0 Å². The lowest BCUT2D eigenvalue weighted by atomic mass is 10.1. The van der Waals surface area contributed by atoms with Crippen molar-refractivity contribution in [1.82, 2.24) is 4.98 Å². The maximum Gasteiger partial charge on any atom is 0.195 e. The lowest BCUT2D eigenvalue weighted by molar-refractivity contribution is 0.490. The fraction of sp³-hybridized carbons (Fsp3) is 0.286. The number of rotatable bonds is 7. The zero-order valence-electron chi connectivity index (χ0n) is 13.7. The van der Waals surface area contributed by atoms with E-state index in [1.807, 2.05) is 36.4 Å². The molecule has 0 spiro atoms. The van der Waals surface area contributed by atoms with Crippen LogP contribution in [0.5, 0.6) is 0 Å². The maximum absolute atomic E-state index is 6.12. The average molecular weight is 305 g/mol. The molecule has 1 heterocycles. The number of benzene rings is 2. The van der Waals surface area contributed by atoms with Crippen molar-refractivity contribution in [2.45, 2.75) is 39.0 Å². The maximum atomic E-state index is 6.12. The van der Waals surface area contributed by atoms with Gasteiger partial charge in [0.1, 0.15) is 5.69 Å². The second-order valence-electron chi connectivity index (χ2n) is 5.83. The molecular weight excluding hydrogens is 282 g/mol. The molecular formula is C21H23NO. The highest BCUT2D eigenvalue weighted by Crippen LogP contribution is 2.32. The standard InChI is InChI=1S/C21H23NO/c1-2-3-4-11-16-19-22-20(17-12-7-5-8-13-17)21(23-19)18-14-9-6-10-15-18/h5-10,12-15H,2-4,11,16H2,1H3. The summed E-state index contributed by atoms with van der Waals surface area (Å²) < 4.78 is 6.12. The van der Waals surface area contributed by atoms with Crippen LogP contribution in [0.15, 0.2) is 65.1 Å². The van der Waals surface area contributed by atoms with Crippen LogP contribution in [0.2, 0.25) is 0 Å². The molecule has 23 heavy (non-hydrogen) atoms. The van der Waals surface area contributed by atoms with Gasteiger partial charge >= 0.3 is 0 Å². The van der Waals surface area contributed by atoms with E-state index < -0.39 is 0 Å². The van der Waals surface area contributed by atoms with Crippen LogP contribution < -0.4 is 0 Å². The van der Waals surface area contributed by atoms with E-state index in [2.05, 4.69) is 31.2 Å². The summed E-state index contributed by atoms with van der Waals surface area (Å²) in [5.41, 5.74) is 3.14. The van der Waals surface area contributed by atoms with Gasteiger partial charge in [-0.3, -0.25) is 0 Å². The minimum Gasteiger partial charge on any atom is -0.440 e. The van der Waals surface area contributed by atoms with Crippen molar-refractivity contribution >= 4 is 0 Å². The van der Waals surface area contributed by atoms with E-state index in [-0.39, 0.29) is 0 Å². The summed E-state index contributed by atoms with van der Waals surface area (Å²) in [7, 11) is 0. The van der Waals surface area contributed by atoms with Gasteiger partial charge in [-0.15, -0.1) is 0 Å². The smallest absolute Gasteiger partial charge is 0.195 e. The highest BCUT2D eigenvalue weighted by molar-refractivity contribution is 5.76. The average Bonchev–Trinajstić information content (AvgIpc) is 3.05. The Morgan fingerprint density at radius 1 is 0.783 bits per heavy atom. The predicted molar refractivity (Wildman–Crippen MR) is 95.2 cm³/mol. The molecule has 118 valence electrons. The van der Waals surface area contributed by atoms with Crippen LogP contribution in [0.25, 0.3) is 22.6 Å². The van der Waals surface area contributed by atoms with E-state index in [1.165, 1.54) is 19.3 Å². The van der Waals surface area contributed by atoms with Gasteiger partial charge in [0.05, 0.1) is 0 Å². The molecule has 2 heteroatoms. The van der Waals surface area contributed by atoms with E-state index >= 15 is 0 Å². The largest absolute Gasteiger partial charge is 0.440 e. The lowest BCUT2D eigenvalue weighted by Crippen LogP contribution is -1.86. The van der Waals surface area contributed by atoms with Crippen LogP contribution in [0, 0.1) is 0 Å². The molecule has 0 atom stereocenters. The molecule has 2 aromatic carbocycles. The Balaban J connectivity index is 1.91. The minimum absolute atomic E-state index is 0.846. The Morgan fingerprint density at radius 3 is 2.09 bits per heavy atom. The summed E-state index contributed by atoms with van der Waals surface area (Å²) in [6.45, 7) is 2.23. The van der Waals surface area contributed by atoms with Crippen LogP contribution in [-0.4, -0.2) is 4.98 Å². The van der Waals surface area contributed by atoms with Crippen molar-refractivity contribution in [3.63, 3.8) is 0 Å². The highest BCUT2D eigenvalue weighted by atomic mass is 16.4. The summed E-state index contributed by atoms with van der Waals surface area (Å²) in [6.07, 6.45) is 5.80. The summed E-state index contributed by atoms with van der Waals surface area (Å²) in [6, 6.07) is 20.5. The SMILES string of the molecule is CCCCCCc1nc(-c2ccccc2)c(-c2ccccc2)o1. The molecule has 0 radical (unpaired) electrons. The van der Waals surface area contributed by atoms with Crippen molar-refractivity contribution in [3.05, 3.63) is 66.6 Å². The summed E-state index contributed by atoms with van der Waals surface area (Å²) in [5, 5.41) is 0. The van der Waals surface area contributed by atoms with Crippen molar-refractivity contribution in [2.75, 3.05) is 0 Å². The zero-order valence-corrected chi connectivity index (χ0v) is 13.7. The second-order valence-corrected chi connectivity index (χ2v) is 5.83. The highest BCUT2D eigenvalue weighted by Gasteiger charge is 2.16. The number of aryl methyl sites for hydroxylation is 1. The van der Waals surface area contributed by atoms with E-state index in [0.29, 0.717) is 0 Å². The van der Waals surface area contributed by atoms with Gasteiger partial charge in [-0.25, -0.2) is 4.98 Å². The quantitative estimate of drug-likeness (QED) is 0.491. The van der Waals surface area contributed by atoms with E-state index in [4.69, 9.17) is 9.40 Å². The number of hydrogen-bond donors (Lipinski definition) is 0. The molecule has 0 unspecified atom stereocenters. The van der Waals surface area contributed by atoms with Gasteiger partial charge in [-0.1, -0.05) is 86.8 Å². The molecule has 3 aromatic rings. The zero-order chi connectivity index (χ0) is 15.9. The number of unbranched alkanes of at least 4 members (excludes halogenated alkanes) is 3. The fourth-order valence-corrected chi connectivity index (χ4v) is 2.75. The Labute approximate surface area is 138 Å². The Kier molecular flexibility index (Phi) is 5.25. The summed E-state index contributed by atoms with van der Waals surface area (Å²) in [5.74, 6) is 1.72. The molecule has 3 rings (SSSR count).